The molecule has 182 valence electrons. The number of nitrogens with two attached hydrogens (primary N) is 1. The van der Waals surface area contributed by atoms with Crippen molar-refractivity contribution in [3.63, 3.8) is 0 Å². The van der Waals surface area contributed by atoms with Crippen LogP contribution in [-0.2, 0) is 22.6 Å². The molecule has 0 radical (unpaired) electrons. The molecule has 7 nitrogen and oxygen atoms in total. The van der Waals surface area contributed by atoms with Crippen molar-refractivity contribution in [2.75, 3.05) is 5.73 Å². The first-order chi connectivity index (χ1) is 17.3. The summed E-state index contributed by atoms with van der Waals surface area (Å²) in [4.78, 5) is 40.3. The molecule has 0 aliphatic heterocycles. The molecule has 4 aromatic rings. The second-order valence-corrected chi connectivity index (χ2v) is 8.73. The Bertz CT molecular complexity index is 1410. The number of nitrogens with zero attached hydrogens (tertiary/aromatic N) is 1. The molecule has 0 saturated carbocycles. The van der Waals surface area contributed by atoms with Gasteiger partial charge in [-0.1, -0.05) is 84.9 Å². The molecule has 4 N–H and O–H groups in total. The molecule has 0 heterocycles. The second kappa shape index (κ2) is 10.3. The van der Waals surface area contributed by atoms with E-state index >= 15 is 0 Å². The standard InChI is InChI=1S/C29H26N2O5/c30-25-16-23-14-8-7-13-22(23)15-24(25)27(34)31(19-21-11-5-2-6-12-21)29(28(35)36,18-26(32)33)17-20-9-3-1-4-10-20/h1-16H,17-19,30H2,(H,32,33)(H,35,36)/t29-/m1/s1. The molecule has 1 amide bonds. The Labute approximate surface area is 208 Å². The molecule has 7 heteroatoms. The molecular weight excluding hydrogens is 456 g/mol. The number of carbonyl (C=O) groups is 3. The molecular formula is C29H26N2O5. The van der Waals surface area contributed by atoms with Crippen LogP contribution in [0.15, 0.2) is 97.1 Å². The van der Waals surface area contributed by atoms with Gasteiger partial charge in [0, 0.05) is 18.7 Å². The van der Waals surface area contributed by atoms with Gasteiger partial charge in [0.15, 0.2) is 5.54 Å². The highest BCUT2D eigenvalue weighted by molar-refractivity contribution is 6.06. The van der Waals surface area contributed by atoms with E-state index < -0.39 is 29.8 Å². The third kappa shape index (κ3) is 5.05. The van der Waals surface area contributed by atoms with Crippen LogP contribution in [0, 0.1) is 0 Å². The molecule has 36 heavy (non-hydrogen) atoms. The number of fused-ring (bicyclic) bond motifs is 1. The maximum atomic E-state index is 14.1. The van der Waals surface area contributed by atoms with Crippen LogP contribution >= 0.6 is 0 Å². The van der Waals surface area contributed by atoms with Crippen LogP contribution in [0.2, 0.25) is 0 Å². The van der Waals surface area contributed by atoms with E-state index in [-0.39, 0.29) is 24.2 Å². The van der Waals surface area contributed by atoms with Crippen molar-refractivity contribution in [2.24, 2.45) is 0 Å². The SMILES string of the molecule is Nc1cc2ccccc2cc1C(=O)N(Cc1ccccc1)[C@@](CC(=O)O)(Cc1ccccc1)C(=O)O. The summed E-state index contributed by atoms with van der Waals surface area (Å²) in [5, 5.41) is 21.9. The number of carbonyl (C=O) groups excluding carboxylic acids is 1. The van der Waals surface area contributed by atoms with E-state index in [9.17, 15) is 24.6 Å². The van der Waals surface area contributed by atoms with Gasteiger partial charge >= 0.3 is 11.9 Å². The van der Waals surface area contributed by atoms with Crippen LogP contribution in [0.1, 0.15) is 27.9 Å². The van der Waals surface area contributed by atoms with Gasteiger partial charge in [0.25, 0.3) is 5.91 Å². The third-order valence-corrected chi connectivity index (χ3v) is 6.27. The average Bonchev–Trinajstić information content (AvgIpc) is 2.87. The van der Waals surface area contributed by atoms with E-state index in [0.717, 1.165) is 15.7 Å². The quantitative estimate of drug-likeness (QED) is 0.300. The Morgan fingerprint density at radius 3 is 1.83 bits per heavy atom. The highest BCUT2D eigenvalue weighted by Crippen LogP contribution is 2.32. The Balaban J connectivity index is 1.91. The Kier molecular flexibility index (Phi) is 7.01. The first kappa shape index (κ1) is 24.5. The van der Waals surface area contributed by atoms with Gasteiger partial charge in [-0.2, -0.15) is 0 Å². The summed E-state index contributed by atoms with van der Waals surface area (Å²) < 4.78 is 0. The highest BCUT2D eigenvalue weighted by Gasteiger charge is 2.49. The third-order valence-electron chi connectivity index (χ3n) is 6.27. The zero-order valence-electron chi connectivity index (χ0n) is 19.5. The lowest BCUT2D eigenvalue weighted by molar-refractivity contribution is -0.157. The fourth-order valence-electron chi connectivity index (χ4n) is 4.48. The number of hydrogen-bond donors (Lipinski definition) is 3. The summed E-state index contributed by atoms with van der Waals surface area (Å²) in [6.45, 7) is -0.113. The highest BCUT2D eigenvalue weighted by atomic mass is 16.4. The van der Waals surface area contributed by atoms with Crippen molar-refractivity contribution < 1.29 is 24.6 Å². The van der Waals surface area contributed by atoms with Gasteiger partial charge in [-0.3, -0.25) is 9.59 Å². The summed E-state index contributed by atoms with van der Waals surface area (Å²) in [5.41, 5.74) is 5.77. The van der Waals surface area contributed by atoms with Gasteiger partial charge < -0.3 is 20.8 Å². The minimum atomic E-state index is -2.07. The van der Waals surface area contributed by atoms with Crippen molar-refractivity contribution in [1.29, 1.82) is 0 Å². The number of amides is 1. The fraction of sp³-hybridized carbons (Fsp3) is 0.138. The predicted molar refractivity (Wildman–Crippen MR) is 137 cm³/mol. The van der Waals surface area contributed by atoms with Crippen molar-refractivity contribution in [3.05, 3.63) is 114 Å². The molecule has 0 aliphatic carbocycles. The monoisotopic (exact) mass is 482 g/mol. The van der Waals surface area contributed by atoms with Crippen molar-refractivity contribution >= 4 is 34.3 Å². The summed E-state index contributed by atoms with van der Waals surface area (Å²) in [7, 11) is 0. The van der Waals surface area contributed by atoms with Gasteiger partial charge in [0.1, 0.15) is 0 Å². The Morgan fingerprint density at radius 2 is 1.28 bits per heavy atom. The molecule has 0 spiro atoms. The molecule has 4 rings (SSSR count). The lowest BCUT2D eigenvalue weighted by Crippen LogP contribution is -2.59. The maximum Gasteiger partial charge on any atom is 0.330 e. The lowest BCUT2D eigenvalue weighted by Gasteiger charge is -2.40. The van der Waals surface area contributed by atoms with E-state index in [0.29, 0.717) is 11.1 Å². The topological polar surface area (TPSA) is 121 Å². The summed E-state index contributed by atoms with van der Waals surface area (Å²) in [6, 6.07) is 28.3. The average molecular weight is 483 g/mol. The zero-order chi connectivity index (χ0) is 25.7. The zero-order valence-corrected chi connectivity index (χ0v) is 19.5. The number of benzene rings is 4. The van der Waals surface area contributed by atoms with Crippen LogP contribution in [0.5, 0.6) is 0 Å². The largest absolute Gasteiger partial charge is 0.481 e. The number of aliphatic carboxylic acids is 2. The van der Waals surface area contributed by atoms with Crippen LogP contribution in [0.4, 0.5) is 5.69 Å². The smallest absolute Gasteiger partial charge is 0.330 e. The van der Waals surface area contributed by atoms with Crippen LogP contribution in [-0.4, -0.2) is 38.5 Å². The predicted octanol–water partition coefficient (Wildman–Crippen LogP) is 4.61. The van der Waals surface area contributed by atoms with E-state index in [2.05, 4.69) is 0 Å². The maximum absolute atomic E-state index is 14.1. The molecule has 0 saturated heterocycles. The molecule has 0 bridgehead atoms. The lowest BCUT2D eigenvalue weighted by atomic mass is 9.84. The van der Waals surface area contributed by atoms with Crippen molar-refractivity contribution in [1.82, 2.24) is 4.90 Å². The molecule has 1 atom stereocenters. The van der Waals surface area contributed by atoms with Gasteiger partial charge in [-0.05, 0) is 34.0 Å². The number of carboxylic acid groups (broad SMARTS) is 2. The first-order valence-electron chi connectivity index (χ1n) is 11.4. The van der Waals surface area contributed by atoms with Crippen LogP contribution < -0.4 is 5.73 Å². The minimum Gasteiger partial charge on any atom is -0.481 e. The molecule has 0 aliphatic rings. The number of carboxylic acids is 2. The summed E-state index contributed by atoms with van der Waals surface area (Å²) in [5.74, 6) is -3.38. The first-order valence-corrected chi connectivity index (χ1v) is 11.4. The van der Waals surface area contributed by atoms with Gasteiger partial charge in [0.05, 0.1) is 12.0 Å². The van der Waals surface area contributed by atoms with E-state index in [1.54, 1.807) is 66.7 Å². The molecule has 0 unspecified atom stereocenters. The minimum absolute atomic E-state index is 0.113. The molecule has 0 fully saturated rings. The van der Waals surface area contributed by atoms with Crippen LogP contribution in [0.25, 0.3) is 10.8 Å². The number of nitrogen functional groups attached to an aromatic ring is 1. The number of hydrogen-bond acceptors (Lipinski definition) is 4. The van der Waals surface area contributed by atoms with Crippen LogP contribution in [0.3, 0.4) is 0 Å². The van der Waals surface area contributed by atoms with Crippen molar-refractivity contribution in [2.45, 2.75) is 24.9 Å². The Hall–Kier alpha value is -4.65. The van der Waals surface area contributed by atoms with Crippen molar-refractivity contribution in [3.8, 4) is 0 Å². The van der Waals surface area contributed by atoms with Gasteiger partial charge in [-0.15, -0.1) is 0 Å². The molecule has 0 aromatic heterocycles. The number of anilines is 1. The van der Waals surface area contributed by atoms with Gasteiger partial charge in [-0.25, -0.2) is 4.79 Å². The van der Waals surface area contributed by atoms with E-state index in [1.165, 1.54) is 0 Å². The summed E-state index contributed by atoms with van der Waals surface area (Å²) >= 11 is 0. The normalized spacial score (nSPS) is 12.6. The number of rotatable bonds is 9. The van der Waals surface area contributed by atoms with E-state index in [4.69, 9.17) is 5.73 Å². The molecule has 4 aromatic carbocycles. The second-order valence-electron chi connectivity index (χ2n) is 8.73. The van der Waals surface area contributed by atoms with Gasteiger partial charge in [0.2, 0.25) is 0 Å². The summed E-state index contributed by atoms with van der Waals surface area (Å²) in [6.07, 6.45) is -0.981. The Morgan fingerprint density at radius 1 is 0.750 bits per heavy atom. The van der Waals surface area contributed by atoms with E-state index in [1.807, 2.05) is 30.3 Å². The fourth-order valence-corrected chi connectivity index (χ4v) is 4.48.